The minimum Gasteiger partial charge on any atom is -0.325 e. The van der Waals surface area contributed by atoms with E-state index in [2.05, 4.69) is 26.0 Å². The van der Waals surface area contributed by atoms with Crippen LogP contribution >= 0.6 is 27.5 Å². The maximum atomic E-state index is 13.8. The molecule has 0 radical (unpaired) electrons. The Morgan fingerprint density at radius 2 is 2.14 bits per heavy atom. The molecule has 110 valence electrons. The number of rotatable bonds is 4. The van der Waals surface area contributed by atoms with Crippen LogP contribution in [0.5, 0.6) is 0 Å². The van der Waals surface area contributed by atoms with Crippen molar-refractivity contribution in [2.45, 2.75) is 25.9 Å². The summed E-state index contributed by atoms with van der Waals surface area (Å²) in [6.07, 6.45) is 3.78. The molecule has 21 heavy (non-hydrogen) atoms. The van der Waals surface area contributed by atoms with E-state index in [0.29, 0.717) is 17.6 Å². The monoisotopic (exact) mass is 370 g/mol. The molecule has 7 heteroatoms. The zero-order chi connectivity index (χ0) is 15.0. The molecule has 3 aromatic rings. The molecule has 0 bridgehead atoms. The van der Waals surface area contributed by atoms with E-state index < -0.39 is 0 Å². The van der Waals surface area contributed by atoms with Gasteiger partial charge in [-0.25, -0.2) is 9.37 Å². The Balaban J connectivity index is 1.97. The number of nitrogens with zero attached hydrogens (tertiary/aromatic N) is 4. The molecule has 1 aromatic carbocycles. The van der Waals surface area contributed by atoms with Crippen LogP contribution in [0.2, 0.25) is 0 Å². The van der Waals surface area contributed by atoms with E-state index in [1.54, 1.807) is 6.07 Å². The van der Waals surface area contributed by atoms with Crippen LogP contribution in [0.15, 0.2) is 29.0 Å². The van der Waals surface area contributed by atoms with Gasteiger partial charge in [-0.3, -0.25) is 4.68 Å². The lowest BCUT2D eigenvalue weighted by Gasteiger charge is -2.08. The smallest absolute Gasteiger partial charge is 0.139 e. The van der Waals surface area contributed by atoms with Crippen molar-refractivity contribution in [1.82, 2.24) is 19.3 Å². The summed E-state index contributed by atoms with van der Waals surface area (Å²) in [6, 6.07) is 3.16. The molecule has 0 aliphatic carbocycles. The highest BCUT2D eigenvalue weighted by Gasteiger charge is 2.13. The highest BCUT2D eigenvalue weighted by atomic mass is 79.9. The Morgan fingerprint density at radius 3 is 2.81 bits per heavy atom. The first-order chi connectivity index (χ1) is 10.1. The third kappa shape index (κ3) is 2.82. The summed E-state index contributed by atoms with van der Waals surface area (Å²) in [5.74, 6) is 0.708. The molecule has 0 atom stereocenters. The van der Waals surface area contributed by atoms with Crippen LogP contribution in [0.1, 0.15) is 11.4 Å². The van der Waals surface area contributed by atoms with E-state index in [0.717, 1.165) is 22.4 Å². The van der Waals surface area contributed by atoms with Gasteiger partial charge in [0.15, 0.2) is 0 Å². The molecule has 0 N–H and O–H groups in total. The van der Waals surface area contributed by atoms with Gasteiger partial charge < -0.3 is 4.57 Å². The van der Waals surface area contributed by atoms with Crippen molar-refractivity contribution in [2.24, 2.45) is 0 Å². The number of alkyl halides is 1. The number of hydrogen-bond donors (Lipinski definition) is 0. The quantitative estimate of drug-likeness (QED) is 0.652. The molecular formula is C14H13BrClFN4. The summed E-state index contributed by atoms with van der Waals surface area (Å²) in [6.45, 7) is 3.31. The summed E-state index contributed by atoms with van der Waals surface area (Å²) in [5.41, 5.74) is 2.59. The van der Waals surface area contributed by atoms with E-state index in [1.165, 1.54) is 6.07 Å². The molecule has 0 saturated carbocycles. The van der Waals surface area contributed by atoms with Crippen molar-refractivity contribution in [3.8, 4) is 0 Å². The molecular weight excluding hydrogens is 359 g/mol. The van der Waals surface area contributed by atoms with Crippen molar-refractivity contribution < 1.29 is 4.39 Å². The molecule has 2 aromatic heterocycles. The number of imidazole rings is 1. The largest absolute Gasteiger partial charge is 0.325 e. The Bertz CT molecular complexity index is 796. The molecule has 2 heterocycles. The highest BCUT2D eigenvalue weighted by molar-refractivity contribution is 9.10. The first-order valence-corrected chi connectivity index (χ1v) is 7.80. The van der Waals surface area contributed by atoms with E-state index in [9.17, 15) is 4.39 Å². The standard InChI is InChI=1S/C14H13BrClFN4/c1-9-7-18-20(8-9)2-3-21-13-5-11(17)10(15)4-12(13)19-14(21)6-16/h4-5,7-8H,2-3,6H2,1H3. The van der Waals surface area contributed by atoms with Gasteiger partial charge in [-0.15, -0.1) is 11.6 Å². The lowest BCUT2D eigenvalue weighted by Crippen LogP contribution is -2.10. The normalized spacial score (nSPS) is 11.4. The summed E-state index contributed by atoms with van der Waals surface area (Å²) >= 11 is 9.14. The second kappa shape index (κ2) is 5.77. The van der Waals surface area contributed by atoms with Gasteiger partial charge in [-0.2, -0.15) is 5.10 Å². The molecule has 3 rings (SSSR count). The van der Waals surface area contributed by atoms with Crippen molar-refractivity contribution in [3.63, 3.8) is 0 Å². The fraction of sp³-hybridized carbons (Fsp3) is 0.286. The number of halogens is 3. The van der Waals surface area contributed by atoms with Gasteiger partial charge in [0.25, 0.3) is 0 Å². The van der Waals surface area contributed by atoms with E-state index in [1.807, 2.05) is 28.6 Å². The van der Waals surface area contributed by atoms with Crippen LogP contribution < -0.4 is 0 Å². The average molecular weight is 372 g/mol. The first-order valence-electron chi connectivity index (χ1n) is 6.47. The Labute approximate surface area is 134 Å². The molecule has 0 spiro atoms. The minimum absolute atomic E-state index is 0.284. The molecule has 0 fully saturated rings. The van der Waals surface area contributed by atoms with Gasteiger partial charge in [-0.05, 0) is 34.5 Å². The number of hydrogen-bond acceptors (Lipinski definition) is 2. The maximum Gasteiger partial charge on any atom is 0.139 e. The van der Waals surface area contributed by atoms with Crippen molar-refractivity contribution in [3.05, 3.63) is 46.2 Å². The predicted octanol–water partition coefficient (Wildman–Crippen LogP) is 3.88. The number of fused-ring (bicyclic) bond motifs is 1. The third-order valence-electron chi connectivity index (χ3n) is 3.30. The third-order valence-corrected chi connectivity index (χ3v) is 4.15. The van der Waals surface area contributed by atoms with E-state index in [4.69, 9.17) is 11.6 Å². The van der Waals surface area contributed by atoms with Gasteiger partial charge in [-0.1, -0.05) is 0 Å². The van der Waals surface area contributed by atoms with Crippen LogP contribution in [0.4, 0.5) is 4.39 Å². The predicted molar refractivity (Wildman–Crippen MR) is 83.9 cm³/mol. The van der Waals surface area contributed by atoms with Crippen molar-refractivity contribution in [1.29, 1.82) is 0 Å². The number of aryl methyl sites for hydroxylation is 3. The molecule has 0 saturated heterocycles. The minimum atomic E-state index is -0.306. The fourth-order valence-corrected chi connectivity index (χ4v) is 2.85. The molecule has 0 aliphatic heterocycles. The highest BCUT2D eigenvalue weighted by Crippen LogP contribution is 2.25. The second-order valence-corrected chi connectivity index (χ2v) is 5.97. The Morgan fingerprint density at radius 1 is 1.33 bits per heavy atom. The van der Waals surface area contributed by atoms with Crippen molar-refractivity contribution in [2.75, 3.05) is 0 Å². The Hall–Kier alpha value is -1.40. The maximum absolute atomic E-state index is 13.8. The molecule has 0 unspecified atom stereocenters. The molecule has 4 nitrogen and oxygen atoms in total. The van der Waals surface area contributed by atoms with Gasteiger partial charge >= 0.3 is 0 Å². The SMILES string of the molecule is Cc1cnn(CCn2c(CCl)nc3cc(Br)c(F)cc32)c1. The molecule has 0 amide bonds. The van der Waals surface area contributed by atoms with Gasteiger partial charge in [0.05, 0.1) is 34.1 Å². The average Bonchev–Trinajstić information content (AvgIpc) is 3.01. The first kappa shape index (κ1) is 14.5. The van der Waals surface area contributed by atoms with Gasteiger partial charge in [0.2, 0.25) is 0 Å². The van der Waals surface area contributed by atoms with Gasteiger partial charge in [0.1, 0.15) is 11.6 Å². The lowest BCUT2D eigenvalue weighted by atomic mass is 10.3. The van der Waals surface area contributed by atoms with E-state index >= 15 is 0 Å². The molecule has 0 aliphatic rings. The van der Waals surface area contributed by atoms with E-state index in [-0.39, 0.29) is 11.7 Å². The van der Waals surface area contributed by atoms with Gasteiger partial charge in [0, 0.05) is 18.8 Å². The summed E-state index contributed by atoms with van der Waals surface area (Å²) in [4.78, 5) is 4.46. The lowest BCUT2D eigenvalue weighted by molar-refractivity contribution is 0.532. The van der Waals surface area contributed by atoms with Crippen molar-refractivity contribution >= 4 is 38.6 Å². The van der Waals surface area contributed by atoms with Crippen LogP contribution in [-0.4, -0.2) is 19.3 Å². The summed E-state index contributed by atoms with van der Waals surface area (Å²) < 4.78 is 18.0. The van der Waals surface area contributed by atoms with Crippen LogP contribution in [0.25, 0.3) is 11.0 Å². The Kier molecular flexibility index (Phi) is 3.99. The van der Waals surface area contributed by atoms with Crippen LogP contribution in [-0.2, 0) is 19.0 Å². The topological polar surface area (TPSA) is 35.6 Å². The number of aromatic nitrogens is 4. The van der Waals surface area contributed by atoms with Crippen LogP contribution in [0.3, 0.4) is 0 Å². The fourth-order valence-electron chi connectivity index (χ4n) is 2.31. The zero-order valence-corrected chi connectivity index (χ0v) is 13.7. The second-order valence-electron chi connectivity index (χ2n) is 4.85. The summed E-state index contributed by atoms with van der Waals surface area (Å²) in [5, 5.41) is 4.25. The summed E-state index contributed by atoms with van der Waals surface area (Å²) in [7, 11) is 0. The van der Waals surface area contributed by atoms with Crippen LogP contribution in [0, 0.1) is 12.7 Å². The zero-order valence-electron chi connectivity index (χ0n) is 11.4. The number of benzene rings is 1.